The molecule has 2 aromatic rings. The number of benzene rings is 2. The van der Waals surface area contributed by atoms with Crippen molar-refractivity contribution in [3.05, 3.63) is 64.4 Å². The van der Waals surface area contributed by atoms with Crippen molar-refractivity contribution in [1.82, 2.24) is 0 Å². The molecule has 0 aliphatic heterocycles. The molecule has 0 aromatic heterocycles. The van der Waals surface area contributed by atoms with Crippen LogP contribution in [0.2, 0.25) is 5.02 Å². The number of hydrogen-bond acceptors (Lipinski definition) is 2. The minimum absolute atomic E-state index is 0.0708. The number of Topliss-reactive ketones (excluding diaryl/α,β-unsaturated/α-hetero) is 1. The topological polar surface area (TPSA) is 26.3 Å². The van der Waals surface area contributed by atoms with Gasteiger partial charge in [-0.05, 0) is 24.3 Å². The molecule has 2 aromatic carbocycles. The summed E-state index contributed by atoms with van der Waals surface area (Å²) in [5, 5.41) is 0.260. The largest absolute Gasteiger partial charge is 0.497 e. The van der Waals surface area contributed by atoms with Crippen LogP contribution in [0.3, 0.4) is 0 Å². The number of ketones is 1. The van der Waals surface area contributed by atoms with E-state index in [0.29, 0.717) is 11.3 Å². The summed E-state index contributed by atoms with van der Waals surface area (Å²) in [7, 11) is 1.53. The van der Waals surface area contributed by atoms with Gasteiger partial charge in [0.05, 0.1) is 7.11 Å². The summed E-state index contributed by atoms with van der Waals surface area (Å²) in [6, 6.07) is 11.1. The average Bonchev–Trinajstić information content (AvgIpc) is 2.43. The van der Waals surface area contributed by atoms with E-state index in [1.165, 1.54) is 19.2 Å². The molecule has 0 aliphatic carbocycles. The Morgan fingerprint density at radius 1 is 1.26 bits per heavy atom. The number of hydrogen-bond donors (Lipinski definition) is 0. The summed E-state index contributed by atoms with van der Waals surface area (Å²) < 4.78 is 18.7. The third kappa shape index (κ3) is 3.12. The van der Waals surface area contributed by atoms with Crippen LogP contribution in [0.5, 0.6) is 5.75 Å². The van der Waals surface area contributed by atoms with Crippen LogP contribution in [-0.2, 0) is 6.42 Å². The fourth-order valence-corrected chi connectivity index (χ4v) is 1.99. The van der Waals surface area contributed by atoms with Gasteiger partial charge < -0.3 is 4.74 Å². The van der Waals surface area contributed by atoms with Crippen molar-refractivity contribution in [2.24, 2.45) is 0 Å². The minimum Gasteiger partial charge on any atom is -0.497 e. The maximum Gasteiger partial charge on any atom is 0.167 e. The summed E-state index contributed by atoms with van der Waals surface area (Å²) >= 11 is 5.90. The lowest BCUT2D eigenvalue weighted by atomic mass is 10.0. The van der Waals surface area contributed by atoms with Crippen LogP contribution >= 0.6 is 11.6 Å². The molecule has 0 heterocycles. The van der Waals surface area contributed by atoms with Crippen LogP contribution in [0.1, 0.15) is 15.9 Å². The summed E-state index contributed by atoms with van der Waals surface area (Å²) in [6.07, 6.45) is -0.0708. The maximum absolute atomic E-state index is 13.6. The number of halogens is 2. The predicted molar refractivity (Wildman–Crippen MR) is 72.4 cm³/mol. The molecule has 98 valence electrons. The molecule has 0 N–H and O–H groups in total. The maximum atomic E-state index is 13.6. The van der Waals surface area contributed by atoms with Crippen molar-refractivity contribution >= 4 is 17.4 Å². The Kier molecular flexibility index (Phi) is 4.17. The van der Waals surface area contributed by atoms with Crippen LogP contribution in [0.25, 0.3) is 0 Å². The van der Waals surface area contributed by atoms with Crippen molar-refractivity contribution in [2.75, 3.05) is 7.11 Å². The quantitative estimate of drug-likeness (QED) is 0.793. The van der Waals surface area contributed by atoms with Crippen molar-refractivity contribution in [3.63, 3.8) is 0 Å². The van der Waals surface area contributed by atoms with Gasteiger partial charge >= 0.3 is 0 Å². The normalized spacial score (nSPS) is 10.3. The second kappa shape index (κ2) is 5.85. The first kappa shape index (κ1) is 13.6. The van der Waals surface area contributed by atoms with Gasteiger partial charge in [0.2, 0.25) is 0 Å². The zero-order valence-electron chi connectivity index (χ0n) is 10.3. The van der Waals surface area contributed by atoms with Gasteiger partial charge in [0, 0.05) is 22.6 Å². The summed E-state index contributed by atoms with van der Waals surface area (Å²) in [5.74, 6) is -0.0832. The zero-order valence-corrected chi connectivity index (χ0v) is 11.1. The van der Waals surface area contributed by atoms with E-state index in [1.54, 1.807) is 30.3 Å². The molecule has 4 heteroatoms. The molecule has 0 saturated heterocycles. The molecular formula is C15H12ClFO2. The number of carbonyl (C=O) groups excluding carboxylic acids is 1. The molecule has 0 atom stereocenters. The van der Waals surface area contributed by atoms with Gasteiger partial charge in [-0.1, -0.05) is 29.8 Å². The van der Waals surface area contributed by atoms with E-state index in [1.807, 2.05) is 0 Å². The summed E-state index contributed by atoms with van der Waals surface area (Å²) in [5.41, 5.74) is 0.690. The highest BCUT2D eigenvalue weighted by atomic mass is 35.5. The molecule has 0 radical (unpaired) electrons. The highest BCUT2D eigenvalue weighted by Crippen LogP contribution is 2.22. The monoisotopic (exact) mass is 278 g/mol. The van der Waals surface area contributed by atoms with Crippen LogP contribution in [0.4, 0.5) is 4.39 Å². The summed E-state index contributed by atoms with van der Waals surface area (Å²) in [6.45, 7) is 0. The Morgan fingerprint density at radius 3 is 2.68 bits per heavy atom. The van der Waals surface area contributed by atoms with Gasteiger partial charge in [-0.2, -0.15) is 0 Å². The fourth-order valence-electron chi connectivity index (χ4n) is 1.76. The molecule has 2 rings (SSSR count). The third-order valence-electron chi connectivity index (χ3n) is 2.79. The molecule has 0 spiro atoms. The highest BCUT2D eigenvalue weighted by molar-refractivity contribution is 6.31. The molecule has 19 heavy (non-hydrogen) atoms. The highest BCUT2D eigenvalue weighted by Gasteiger charge is 2.13. The molecule has 0 fully saturated rings. The van der Waals surface area contributed by atoms with Crippen LogP contribution in [0, 0.1) is 5.82 Å². The van der Waals surface area contributed by atoms with E-state index in [4.69, 9.17) is 16.3 Å². The molecule has 2 nitrogen and oxygen atoms in total. The third-order valence-corrected chi connectivity index (χ3v) is 3.14. The van der Waals surface area contributed by atoms with Crippen molar-refractivity contribution in [2.45, 2.75) is 6.42 Å². The Balaban J connectivity index is 2.25. The molecule has 0 bridgehead atoms. The Morgan fingerprint density at radius 2 is 2.00 bits per heavy atom. The lowest BCUT2D eigenvalue weighted by Crippen LogP contribution is -2.06. The van der Waals surface area contributed by atoms with E-state index in [-0.39, 0.29) is 22.8 Å². The Labute approximate surface area is 115 Å². The standard InChI is InChI=1S/C15H12ClFO2/c1-19-11-5-2-4-10(8-11)15(18)9-12-13(16)6-3-7-14(12)17/h2-8H,9H2,1H3. The number of methoxy groups -OCH3 is 1. The van der Waals surface area contributed by atoms with Crippen LogP contribution in [0.15, 0.2) is 42.5 Å². The van der Waals surface area contributed by atoms with E-state index >= 15 is 0 Å². The second-order valence-corrected chi connectivity index (χ2v) is 4.44. The smallest absolute Gasteiger partial charge is 0.167 e. The van der Waals surface area contributed by atoms with E-state index in [2.05, 4.69) is 0 Å². The SMILES string of the molecule is COc1cccc(C(=O)Cc2c(F)cccc2Cl)c1. The predicted octanol–water partition coefficient (Wildman–Crippen LogP) is 3.91. The lowest BCUT2D eigenvalue weighted by Gasteiger charge is -2.06. The second-order valence-electron chi connectivity index (χ2n) is 4.03. The van der Waals surface area contributed by atoms with Gasteiger partial charge in [0.25, 0.3) is 0 Å². The van der Waals surface area contributed by atoms with Crippen LogP contribution < -0.4 is 4.74 Å². The van der Waals surface area contributed by atoms with Crippen molar-refractivity contribution < 1.29 is 13.9 Å². The van der Waals surface area contributed by atoms with Crippen molar-refractivity contribution in [3.8, 4) is 5.75 Å². The zero-order chi connectivity index (χ0) is 13.8. The van der Waals surface area contributed by atoms with Gasteiger partial charge in [-0.3, -0.25) is 4.79 Å². The van der Waals surface area contributed by atoms with E-state index in [0.717, 1.165) is 0 Å². The average molecular weight is 279 g/mol. The minimum atomic E-state index is -0.469. The number of carbonyl (C=O) groups is 1. The molecule has 0 aliphatic rings. The molecular weight excluding hydrogens is 267 g/mol. The van der Waals surface area contributed by atoms with Gasteiger partial charge in [0.1, 0.15) is 11.6 Å². The molecule has 0 unspecified atom stereocenters. The Hall–Kier alpha value is -1.87. The summed E-state index contributed by atoms with van der Waals surface area (Å²) in [4.78, 5) is 12.1. The number of rotatable bonds is 4. The van der Waals surface area contributed by atoms with Gasteiger partial charge in [-0.15, -0.1) is 0 Å². The molecule has 0 saturated carbocycles. The van der Waals surface area contributed by atoms with Gasteiger partial charge in [0.15, 0.2) is 5.78 Å². The number of ether oxygens (including phenoxy) is 1. The lowest BCUT2D eigenvalue weighted by molar-refractivity contribution is 0.0991. The molecule has 0 amide bonds. The Bertz CT molecular complexity index is 591. The van der Waals surface area contributed by atoms with E-state index < -0.39 is 5.82 Å². The first-order valence-electron chi connectivity index (χ1n) is 5.72. The van der Waals surface area contributed by atoms with E-state index in [9.17, 15) is 9.18 Å². The van der Waals surface area contributed by atoms with Crippen LogP contribution in [-0.4, -0.2) is 12.9 Å². The first-order valence-corrected chi connectivity index (χ1v) is 6.09. The first-order chi connectivity index (χ1) is 9.11. The fraction of sp³-hybridized carbons (Fsp3) is 0.133. The van der Waals surface area contributed by atoms with Crippen molar-refractivity contribution in [1.29, 1.82) is 0 Å². The van der Waals surface area contributed by atoms with Gasteiger partial charge in [-0.25, -0.2) is 4.39 Å².